The topological polar surface area (TPSA) is 44.8 Å². The van der Waals surface area contributed by atoms with Crippen molar-refractivity contribution in [1.29, 1.82) is 0 Å². The van der Waals surface area contributed by atoms with Gasteiger partial charge in [-0.1, -0.05) is 36.4 Å². The van der Waals surface area contributed by atoms with E-state index in [1.807, 2.05) is 0 Å². The highest BCUT2D eigenvalue weighted by Gasteiger charge is 2.54. The Morgan fingerprint density at radius 3 is 2.42 bits per heavy atom. The molecule has 1 spiro atoms. The number of benzene rings is 3. The molecule has 4 heteroatoms. The van der Waals surface area contributed by atoms with E-state index in [0.717, 1.165) is 51.1 Å². The van der Waals surface area contributed by atoms with Crippen molar-refractivity contribution in [3.63, 3.8) is 0 Å². The number of aryl methyl sites for hydroxylation is 4. The SMILES string of the molecule is COC(=O)CC1c2ccc(CCc3cccc(-c4c(C)cc(OC5CCOCC5)cc4C)c3C)cc2CC12CC2. The average Bonchev–Trinajstić information content (AvgIpc) is 3.65. The third kappa shape index (κ3) is 5.31. The minimum atomic E-state index is -0.0875. The molecule has 2 aliphatic carbocycles. The molecule has 1 unspecified atom stereocenters. The molecule has 0 amide bonds. The minimum Gasteiger partial charge on any atom is -0.490 e. The van der Waals surface area contributed by atoms with Crippen LogP contribution in [0.4, 0.5) is 0 Å². The minimum absolute atomic E-state index is 0.0875. The van der Waals surface area contributed by atoms with Gasteiger partial charge in [-0.2, -0.15) is 0 Å². The summed E-state index contributed by atoms with van der Waals surface area (Å²) in [6, 6.07) is 18.2. The predicted octanol–water partition coefficient (Wildman–Crippen LogP) is 7.60. The van der Waals surface area contributed by atoms with Crippen LogP contribution in [0.2, 0.25) is 0 Å². The van der Waals surface area contributed by atoms with Crippen LogP contribution in [-0.2, 0) is 33.5 Å². The third-order valence-corrected chi connectivity index (χ3v) is 9.73. The van der Waals surface area contributed by atoms with Gasteiger partial charge in [0.1, 0.15) is 11.9 Å². The Morgan fingerprint density at radius 1 is 0.975 bits per heavy atom. The van der Waals surface area contributed by atoms with E-state index in [2.05, 4.69) is 69.3 Å². The molecule has 6 rings (SSSR count). The number of ether oxygens (including phenoxy) is 3. The first-order valence-electron chi connectivity index (χ1n) is 15.0. The van der Waals surface area contributed by atoms with Gasteiger partial charge in [-0.05, 0) is 120 Å². The molecule has 4 nitrogen and oxygen atoms in total. The van der Waals surface area contributed by atoms with Crippen LogP contribution >= 0.6 is 0 Å². The first-order chi connectivity index (χ1) is 19.4. The lowest BCUT2D eigenvalue weighted by atomic mass is 9.86. The molecular weight excluding hydrogens is 496 g/mol. The van der Waals surface area contributed by atoms with Crippen molar-refractivity contribution in [2.24, 2.45) is 5.41 Å². The van der Waals surface area contributed by atoms with Crippen molar-refractivity contribution in [2.75, 3.05) is 20.3 Å². The lowest BCUT2D eigenvalue weighted by Gasteiger charge is -2.24. The molecular formula is C36H42O4. The summed E-state index contributed by atoms with van der Waals surface area (Å²) in [5.74, 6) is 1.20. The standard InChI is InChI=1S/C36H42O4/c1-23-18-30(40-29-12-16-39-17-13-29)19-24(2)35(23)31-7-5-6-27(25(31)3)10-8-26-9-11-32-28(20-26)22-36(14-15-36)33(32)21-34(37)38-4/h5-7,9,11,18-20,29,33H,8,10,12-17,21-22H2,1-4H3. The highest BCUT2D eigenvalue weighted by molar-refractivity contribution is 5.75. The Labute approximate surface area is 239 Å². The second-order valence-corrected chi connectivity index (χ2v) is 12.4. The molecule has 2 fully saturated rings. The second kappa shape index (κ2) is 11.0. The van der Waals surface area contributed by atoms with Crippen molar-refractivity contribution in [3.8, 4) is 16.9 Å². The second-order valence-electron chi connectivity index (χ2n) is 12.4. The van der Waals surface area contributed by atoms with Gasteiger partial charge in [-0.25, -0.2) is 0 Å². The maximum atomic E-state index is 12.1. The first kappa shape index (κ1) is 27.1. The molecule has 1 atom stereocenters. The smallest absolute Gasteiger partial charge is 0.306 e. The van der Waals surface area contributed by atoms with Gasteiger partial charge in [0.15, 0.2) is 0 Å². The lowest BCUT2D eigenvalue weighted by Crippen LogP contribution is -2.25. The first-order valence-corrected chi connectivity index (χ1v) is 15.0. The maximum Gasteiger partial charge on any atom is 0.306 e. The Hall–Kier alpha value is -3.11. The number of fused-ring (bicyclic) bond motifs is 1. The summed E-state index contributed by atoms with van der Waals surface area (Å²) in [7, 11) is 1.50. The molecule has 0 bridgehead atoms. The predicted molar refractivity (Wildman–Crippen MR) is 159 cm³/mol. The highest BCUT2D eigenvalue weighted by atomic mass is 16.5. The van der Waals surface area contributed by atoms with Gasteiger partial charge in [-0.15, -0.1) is 0 Å². The number of hydrogen-bond acceptors (Lipinski definition) is 4. The van der Waals surface area contributed by atoms with Gasteiger partial charge in [-0.3, -0.25) is 4.79 Å². The molecule has 40 heavy (non-hydrogen) atoms. The summed E-state index contributed by atoms with van der Waals surface area (Å²) in [6.45, 7) is 8.25. The molecule has 3 aromatic carbocycles. The number of carbonyl (C=O) groups excluding carboxylic acids is 1. The quantitative estimate of drug-likeness (QED) is 0.277. The molecule has 0 radical (unpaired) electrons. The van der Waals surface area contributed by atoms with Crippen molar-refractivity contribution in [3.05, 3.63) is 87.5 Å². The summed E-state index contributed by atoms with van der Waals surface area (Å²) >= 11 is 0. The summed E-state index contributed by atoms with van der Waals surface area (Å²) in [5.41, 5.74) is 12.4. The van der Waals surface area contributed by atoms with Crippen LogP contribution in [0.1, 0.15) is 77.0 Å². The van der Waals surface area contributed by atoms with E-state index in [0.29, 0.717) is 17.8 Å². The number of carbonyl (C=O) groups is 1. The molecule has 3 aliphatic rings. The molecule has 0 N–H and O–H groups in total. The van der Waals surface area contributed by atoms with Crippen molar-refractivity contribution in [2.45, 2.75) is 84.2 Å². The zero-order chi connectivity index (χ0) is 27.9. The fraction of sp³-hybridized carbons (Fsp3) is 0.472. The third-order valence-electron chi connectivity index (χ3n) is 9.73. The van der Waals surface area contributed by atoms with Gasteiger partial charge >= 0.3 is 5.97 Å². The van der Waals surface area contributed by atoms with Crippen molar-refractivity contribution < 1.29 is 19.0 Å². The molecule has 1 heterocycles. The fourth-order valence-electron chi connectivity index (χ4n) is 7.31. The number of methoxy groups -OCH3 is 1. The molecule has 210 valence electrons. The Balaban J connectivity index is 1.18. The van der Waals surface area contributed by atoms with E-state index in [9.17, 15) is 4.79 Å². The Kier molecular flexibility index (Phi) is 7.48. The van der Waals surface area contributed by atoms with Crippen LogP contribution < -0.4 is 4.74 Å². The van der Waals surface area contributed by atoms with E-state index >= 15 is 0 Å². The largest absolute Gasteiger partial charge is 0.490 e. The monoisotopic (exact) mass is 538 g/mol. The number of esters is 1. The van der Waals surface area contributed by atoms with Gasteiger partial charge in [0.2, 0.25) is 0 Å². The van der Waals surface area contributed by atoms with Crippen LogP contribution in [-0.4, -0.2) is 32.4 Å². The Bertz CT molecular complexity index is 1390. The molecule has 1 saturated carbocycles. The van der Waals surface area contributed by atoms with Crippen LogP contribution in [0.15, 0.2) is 48.5 Å². The van der Waals surface area contributed by atoms with E-state index in [1.54, 1.807) is 0 Å². The summed E-state index contributed by atoms with van der Waals surface area (Å²) in [5, 5.41) is 0. The van der Waals surface area contributed by atoms with E-state index in [4.69, 9.17) is 14.2 Å². The highest BCUT2D eigenvalue weighted by Crippen LogP contribution is 2.64. The maximum absolute atomic E-state index is 12.1. The summed E-state index contributed by atoms with van der Waals surface area (Å²) in [4.78, 5) is 12.1. The molecule has 0 aromatic heterocycles. The molecule has 1 aliphatic heterocycles. The lowest BCUT2D eigenvalue weighted by molar-refractivity contribution is -0.141. The van der Waals surface area contributed by atoms with Crippen molar-refractivity contribution in [1.82, 2.24) is 0 Å². The zero-order valence-corrected chi connectivity index (χ0v) is 24.5. The van der Waals surface area contributed by atoms with Gasteiger partial charge in [0.25, 0.3) is 0 Å². The number of rotatable bonds is 8. The van der Waals surface area contributed by atoms with Gasteiger partial charge in [0, 0.05) is 18.8 Å². The van der Waals surface area contributed by atoms with Gasteiger partial charge in [0.05, 0.1) is 26.7 Å². The summed E-state index contributed by atoms with van der Waals surface area (Å²) < 4.78 is 16.8. The van der Waals surface area contributed by atoms with E-state index < -0.39 is 0 Å². The number of hydrogen-bond donors (Lipinski definition) is 0. The van der Waals surface area contributed by atoms with E-state index in [1.165, 1.54) is 70.0 Å². The fourth-order valence-corrected chi connectivity index (χ4v) is 7.31. The van der Waals surface area contributed by atoms with Crippen LogP contribution in [0.5, 0.6) is 5.75 Å². The average molecular weight is 539 g/mol. The van der Waals surface area contributed by atoms with Crippen LogP contribution in [0, 0.1) is 26.2 Å². The molecule has 3 aromatic rings. The summed E-state index contributed by atoms with van der Waals surface area (Å²) in [6.07, 6.45) is 8.27. The van der Waals surface area contributed by atoms with E-state index in [-0.39, 0.29) is 12.1 Å². The zero-order valence-electron chi connectivity index (χ0n) is 24.5. The van der Waals surface area contributed by atoms with Crippen molar-refractivity contribution >= 4 is 5.97 Å². The normalized spacial score (nSPS) is 19.4. The van der Waals surface area contributed by atoms with Gasteiger partial charge < -0.3 is 14.2 Å². The Morgan fingerprint density at radius 2 is 1.73 bits per heavy atom. The van der Waals surface area contributed by atoms with Crippen LogP contribution in [0.25, 0.3) is 11.1 Å². The molecule has 1 saturated heterocycles. The van der Waals surface area contributed by atoms with Crippen LogP contribution in [0.3, 0.4) is 0 Å².